The molecule has 1 aromatic heterocycles. The summed E-state index contributed by atoms with van der Waals surface area (Å²) in [6, 6.07) is 1.75. The molecule has 1 aromatic rings. The zero-order valence-corrected chi connectivity index (χ0v) is 14.4. The van der Waals surface area contributed by atoms with E-state index in [9.17, 15) is 14.4 Å². The fourth-order valence-electron chi connectivity index (χ4n) is 2.69. The Morgan fingerprint density at radius 1 is 1.29 bits per heavy atom. The predicted molar refractivity (Wildman–Crippen MR) is 92.6 cm³/mol. The first-order valence-electron chi connectivity index (χ1n) is 8.17. The maximum absolute atomic E-state index is 12.3. The van der Waals surface area contributed by atoms with Crippen molar-refractivity contribution in [2.45, 2.75) is 19.3 Å². The van der Waals surface area contributed by atoms with Gasteiger partial charge in [0.25, 0.3) is 5.91 Å². The van der Waals surface area contributed by atoms with Gasteiger partial charge in [0.05, 0.1) is 5.92 Å². The Balaban J connectivity index is 1.73. The molecule has 4 N–H and O–H groups in total. The summed E-state index contributed by atoms with van der Waals surface area (Å²) in [5.74, 6) is -0.406. The third-order valence-electron chi connectivity index (χ3n) is 4.00. The third-order valence-corrected chi connectivity index (χ3v) is 4.68. The molecule has 1 aliphatic heterocycles. The van der Waals surface area contributed by atoms with Crippen LogP contribution < -0.4 is 16.4 Å². The van der Waals surface area contributed by atoms with E-state index in [1.165, 1.54) is 11.3 Å². The van der Waals surface area contributed by atoms with Gasteiger partial charge in [-0.1, -0.05) is 0 Å². The second kappa shape index (κ2) is 9.39. The van der Waals surface area contributed by atoms with Gasteiger partial charge in [0, 0.05) is 50.1 Å². The van der Waals surface area contributed by atoms with Gasteiger partial charge in [0.15, 0.2) is 0 Å². The number of nitrogens with one attached hydrogen (secondary N) is 2. The molecule has 2 heterocycles. The van der Waals surface area contributed by atoms with Crippen molar-refractivity contribution in [2.75, 3.05) is 32.7 Å². The van der Waals surface area contributed by atoms with Crippen molar-refractivity contribution in [1.82, 2.24) is 15.5 Å². The summed E-state index contributed by atoms with van der Waals surface area (Å²) in [5.41, 5.74) is 6.00. The van der Waals surface area contributed by atoms with Gasteiger partial charge in [0.2, 0.25) is 11.8 Å². The number of carbonyl (C=O) groups excluding carboxylic acids is 3. The van der Waals surface area contributed by atoms with Crippen molar-refractivity contribution in [3.63, 3.8) is 0 Å². The molecule has 7 nitrogen and oxygen atoms in total. The van der Waals surface area contributed by atoms with Gasteiger partial charge < -0.3 is 21.3 Å². The quantitative estimate of drug-likeness (QED) is 0.651. The molecule has 0 saturated carbocycles. The van der Waals surface area contributed by atoms with Gasteiger partial charge in [-0.2, -0.15) is 11.3 Å². The van der Waals surface area contributed by atoms with E-state index in [2.05, 4.69) is 10.6 Å². The van der Waals surface area contributed by atoms with Crippen molar-refractivity contribution in [3.05, 3.63) is 22.4 Å². The van der Waals surface area contributed by atoms with Crippen LogP contribution >= 0.6 is 11.3 Å². The van der Waals surface area contributed by atoms with E-state index in [0.717, 1.165) is 12.8 Å². The van der Waals surface area contributed by atoms with E-state index in [4.69, 9.17) is 5.73 Å². The number of carbonyl (C=O) groups is 3. The van der Waals surface area contributed by atoms with E-state index in [0.29, 0.717) is 38.3 Å². The van der Waals surface area contributed by atoms with Crippen molar-refractivity contribution in [2.24, 2.45) is 11.7 Å². The van der Waals surface area contributed by atoms with Crippen LogP contribution in [0, 0.1) is 5.92 Å². The van der Waals surface area contributed by atoms with Crippen molar-refractivity contribution < 1.29 is 14.4 Å². The summed E-state index contributed by atoms with van der Waals surface area (Å²) < 4.78 is 0. The summed E-state index contributed by atoms with van der Waals surface area (Å²) in [5, 5.41) is 9.13. The minimum atomic E-state index is -0.172. The van der Waals surface area contributed by atoms with E-state index in [1.807, 2.05) is 5.38 Å². The highest BCUT2D eigenvalue weighted by Crippen LogP contribution is 2.17. The SMILES string of the molecule is NCCNC(=O)C1CCCN(C(=O)CCNC(=O)c2ccsc2)C1. The molecule has 2 rings (SSSR count). The molecule has 0 aromatic carbocycles. The molecule has 0 bridgehead atoms. The van der Waals surface area contributed by atoms with Crippen LogP contribution in [0.15, 0.2) is 16.8 Å². The second-order valence-corrected chi connectivity index (χ2v) is 6.56. The van der Waals surface area contributed by atoms with E-state index in [1.54, 1.807) is 16.3 Å². The highest BCUT2D eigenvalue weighted by molar-refractivity contribution is 7.08. The topological polar surface area (TPSA) is 105 Å². The number of nitrogens with zero attached hydrogens (tertiary/aromatic N) is 1. The lowest BCUT2D eigenvalue weighted by Gasteiger charge is -2.32. The van der Waals surface area contributed by atoms with Crippen molar-refractivity contribution in [1.29, 1.82) is 0 Å². The van der Waals surface area contributed by atoms with E-state index in [-0.39, 0.29) is 30.1 Å². The molecule has 1 unspecified atom stereocenters. The number of amides is 3. The summed E-state index contributed by atoms with van der Waals surface area (Å²) in [4.78, 5) is 37.8. The molecule has 1 saturated heterocycles. The maximum atomic E-state index is 12.3. The summed E-state index contributed by atoms with van der Waals surface area (Å²) >= 11 is 1.46. The minimum absolute atomic E-state index is 0.0306. The van der Waals surface area contributed by atoms with Crippen LogP contribution in [0.1, 0.15) is 29.6 Å². The molecule has 8 heteroatoms. The van der Waals surface area contributed by atoms with Crippen LogP contribution in [0.4, 0.5) is 0 Å². The van der Waals surface area contributed by atoms with Gasteiger partial charge in [-0.15, -0.1) is 0 Å². The van der Waals surface area contributed by atoms with Crippen LogP contribution in [0.5, 0.6) is 0 Å². The Morgan fingerprint density at radius 2 is 2.12 bits per heavy atom. The highest BCUT2D eigenvalue weighted by atomic mass is 32.1. The zero-order chi connectivity index (χ0) is 17.4. The van der Waals surface area contributed by atoms with Crippen LogP contribution in [-0.2, 0) is 9.59 Å². The molecule has 1 fully saturated rings. The average molecular weight is 352 g/mol. The van der Waals surface area contributed by atoms with Crippen LogP contribution in [0.25, 0.3) is 0 Å². The number of thiophene rings is 1. The normalized spacial score (nSPS) is 17.4. The molecule has 1 atom stereocenters. The lowest BCUT2D eigenvalue weighted by Crippen LogP contribution is -2.46. The van der Waals surface area contributed by atoms with Gasteiger partial charge >= 0.3 is 0 Å². The van der Waals surface area contributed by atoms with Gasteiger partial charge in [-0.3, -0.25) is 14.4 Å². The summed E-state index contributed by atoms with van der Waals surface area (Å²) in [7, 11) is 0. The minimum Gasteiger partial charge on any atom is -0.355 e. The fourth-order valence-corrected chi connectivity index (χ4v) is 3.33. The number of rotatable bonds is 7. The monoisotopic (exact) mass is 352 g/mol. The Bertz CT molecular complexity index is 562. The fraction of sp³-hybridized carbons (Fsp3) is 0.562. The average Bonchev–Trinajstić information content (AvgIpc) is 3.14. The van der Waals surface area contributed by atoms with Crippen LogP contribution in [0.2, 0.25) is 0 Å². The number of hydrogen-bond donors (Lipinski definition) is 3. The van der Waals surface area contributed by atoms with Gasteiger partial charge in [-0.25, -0.2) is 0 Å². The van der Waals surface area contributed by atoms with Crippen LogP contribution in [-0.4, -0.2) is 55.3 Å². The molecular weight excluding hydrogens is 328 g/mol. The lowest BCUT2D eigenvalue weighted by molar-refractivity contribution is -0.135. The van der Waals surface area contributed by atoms with E-state index >= 15 is 0 Å². The maximum Gasteiger partial charge on any atom is 0.252 e. The Hall–Kier alpha value is -1.93. The highest BCUT2D eigenvalue weighted by Gasteiger charge is 2.27. The molecule has 0 spiro atoms. The first kappa shape index (κ1) is 18.4. The molecular formula is C16H24N4O3S. The van der Waals surface area contributed by atoms with E-state index < -0.39 is 0 Å². The van der Waals surface area contributed by atoms with Gasteiger partial charge in [0.1, 0.15) is 0 Å². The van der Waals surface area contributed by atoms with Crippen molar-refractivity contribution in [3.8, 4) is 0 Å². The lowest BCUT2D eigenvalue weighted by atomic mass is 9.97. The molecule has 3 amide bonds. The number of hydrogen-bond acceptors (Lipinski definition) is 5. The molecule has 24 heavy (non-hydrogen) atoms. The van der Waals surface area contributed by atoms with Gasteiger partial charge in [-0.05, 0) is 24.3 Å². The number of likely N-dealkylation sites (tertiary alicyclic amines) is 1. The summed E-state index contributed by atoms with van der Waals surface area (Å²) in [6.07, 6.45) is 1.84. The Labute approximate surface area is 145 Å². The number of piperidine rings is 1. The molecule has 0 aliphatic carbocycles. The molecule has 1 aliphatic rings. The number of nitrogens with two attached hydrogens (primary N) is 1. The Morgan fingerprint density at radius 3 is 2.83 bits per heavy atom. The molecule has 132 valence electrons. The van der Waals surface area contributed by atoms with Crippen molar-refractivity contribution >= 4 is 29.1 Å². The Kier molecular flexibility index (Phi) is 7.20. The second-order valence-electron chi connectivity index (χ2n) is 5.78. The molecule has 0 radical (unpaired) electrons. The third kappa shape index (κ3) is 5.31. The standard InChI is InChI=1S/C16H24N4O3S/c17-5-7-19-15(22)12-2-1-8-20(10-12)14(21)3-6-18-16(23)13-4-9-24-11-13/h4,9,11-12H,1-3,5-8,10,17H2,(H,18,23)(H,19,22). The zero-order valence-electron chi connectivity index (χ0n) is 13.6. The first-order valence-corrected chi connectivity index (χ1v) is 9.12. The predicted octanol–water partition coefficient (Wildman–Crippen LogP) is 0.181. The summed E-state index contributed by atoms with van der Waals surface area (Å²) in [6.45, 7) is 2.27. The van der Waals surface area contributed by atoms with Crippen LogP contribution in [0.3, 0.4) is 0 Å². The largest absolute Gasteiger partial charge is 0.355 e. The smallest absolute Gasteiger partial charge is 0.252 e. The first-order chi connectivity index (χ1) is 11.6.